The highest BCUT2D eigenvalue weighted by Crippen LogP contribution is 2.25. The molecule has 0 spiro atoms. The Morgan fingerprint density at radius 1 is 1.10 bits per heavy atom. The number of hydrogen-bond acceptors (Lipinski definition) is 7. The Balaban J connectivity index is 2.11. The second kappa shape index (κ2) is 9.96. The van der Waals surface area contributed by atoms with Crippen molar-refractivity contribution < 1.29 is 19.1 Å². The fourth-order valence-electron chi connectivity index (χ4n) is 2.89. The highest BCUT2D eigenvalue weighted by Gasteiger charge is 2.22. The molecule has 9 nitrogen and oxygen atoms in total. The van der Waals surface area contributed by atoms with Crippen LogP contribution < -0.4 is 11.1 Å². The van der Waals surface area contributed by atoms with Gasteiger partial charge >= 0.3 is 5.97 Å². The van der Waals surface area contributed by atoms with Gasteiger partial charge in [0.15, 0.2) is 24.0 Å². The zero-order valence-corrected chi connectivity index (χ0v) is 17.4. The van der Waals surface area contributed by atoms with E-state index in [1.807, 2.05) is 6.07 Å². The molecule has 0 aliphatic rings. The van der Waals surface area contributed by atoms with Crippen LogP contribution in [0.4, 0.5) is 0 Å². The van der Waals surface area contributed by atoms with Gasteiger partial charge in [-0.05, 0) is 18.2 Å². The molecule has 1 aromatic heterocycles. The quantitative estimate of drug-likeness (QED) is 0.402. The van der Waals surface area contributed by atoms with E-state index < -0.39 is 5.97 Å². The topological polar surface area (TPSA) is 129 Å². The van der Waals surface area contributed by atoms with Gasteiger partial charge < -0.3 is 15.8 Å². The van der Waals surface area contributed by atoms with E-state index in [4.69, 9.17) is 22.1 Å². The van der Waals surface area contributed by atoms with E-state index in [1.54, 1.807) is 47.0 Å². The van der Waals surface area contributed by atoms with Gasteiger partial charge in [-0.1, -0.05) is 41.9 Å². The summed E-state index contributed by atoms with van der Waals surface area (Å²) in [6.45, 7) is 0.919. The first kappa shape index (κ1) is 22.1. The lowest BCUT2D eigenvalue weighted by Gasteiger charge is -2.15. The maximum atomic E-state index is 13.2. The number of hydrogen-bond donors (Lipinski definition) is 2. The second-order valence-electron chi connectivity index (χ2n) is 6.49. The molecule has 0 saturated heterocycles. The van der Waals surface area contributed by atoms with Crippen LogP contribution in [-0.2, 0) is 27.5 Å². The minimum atomic E-state index is -0.496. The molecular weight excluding hydrogens is 422 g/mol. The van der Waals surface area contributed by atoms with Crippen LogP contribution in [0.2, 0.25) is 5.02 Å². The lowest BCUT2D eigenvalue weighted by molar-refractivity contribution is -0.142. The molecule has 10 heteroatoms. The number of nitrogens with one attached hydrogen (secondary N) is 1. The number of nitrogens with zero attached hydrogens (tertiary/aromatic N) is 3. The molecular formula is C21H20ClN5O4. The van der Waals surface area contributed by atoms with Crippen molar-refractivity contribution in [3.63, 3.8) is 0 Å². The third kappa shape index (κ3) is 5.33. The van der Waals surface area contributed by atoms with E-state index in [1.165, 1.54) is 6.92 Å². The number of benzene rings is 2. The molecule has 0 aliphatic carbocycles. The van der Waals surface area contributed by atoms with E-state index in [2.05, 4.69) is 15.5 Å². The molecule has 1 heterocycles. The molecule has 2 aromatic carbocycles. The smallest absolute Gasteiger partial charge is 0.303 e. The van der Waals surface area contributed by atoms with Gasteiger partial charge in [-0.15, -0.1) is 10.2 Å². The van der Waals surface area contributed by atoms with Crippen LogP contribution in [0.15, 0.2) is 48.5 Å². The fourth-order valence-corrected chi connectivity index (χ4v) is 3.06. The van der Waals surface area contributed by atoms with Crippen LogP contribution in [0, 0.1) is 0 Å². The number of carbonyl (C=O) groups is 3. The van der Waals surface area contributed by atoms with Gasteiger partial charge in [0.25, 0.3) is 0 Å². The number of halogens is 1. The van der Waals surface area contributed by atoms with Gasteiger partial charge in [-0.2, -0.15) is 0 Å². The van der Waals surface area contributed by atoms with Crippen molar-refractivity contribution >= 4 is 29.3 Å². The standard InChI is InChI=1S/C21H20ClN5O4/c1-13(28)31-12-19-26-25-18(11-24-20(29)10-23)27(19)17-8-7-15(22)9-16(17)21(30)14-5-3-2-4-6-14/h2-9H,10-12,23H2,1H3,(H,24,29). The average Bonchev–Trinajstić information content (AvgIpc) is 3.18. The summed E-state index contributed by atoms with van der Waals surface area (Å²) in [6.07, 6.45) is 0. The zero-order valence-electron chi connectivity index (χ0n) is 16.7. The molecule has 160 valence electrons. The maximum Gasteiger partial charge on any atom is 0.303 e. The summed E-state index contributed by atoms with van der Waals surface area (Å²) in [6, 6.07) is 13.5. The van der Waals surface area contributed by atoms with E-state index >= 15 is 0 Å². The van der Waals surface area contributed by atoms with Crippen LogP contribution in [-0.4, -0.2) is 39.0 Å². The highest BCUT2D eigenvalue weighted by molar-refractivity contribution is 6.31. The minimum Gasteiger partial charge on any atom is -0.458 e. The number of ether oxygens (including phenoxy) is 1. The molecule has 3 N–H and O–H groups in total. The van der Waals surface area contributed by atoms with E-state index in [9.17, 15) is 14.4 Å². The Morgan fingerprint density at radius 2 is 1.81 bits per heavy atom. The van der Waals surface area contributed by atoms with Gasteiger partial charge in [-0.3, -0.25) is 19.0 Å². The Morgan fingerprint density at radius 3 is 2.48 bits per heavy atom. The summed E-state index contributed by atoms with van der Waals surface area (Å²) in [5.41, 5.74) is 6.55. The first-order chi connectivity index (χ1) is 14.9. The summed E-state index contributed by atoms with van der Waals surface area (Å²) in [5.74, 6) is -0.538. The third-order valence-electron chi connectivity index (χ3n) is 4.31. The van der Waals surface area contributed by atoms with E-state index in [0.29, 0.717) is 27.7 Å². The molecule has 0 bridgehead atoms. The molecule has 0 atom stereocenters. The Labute approximate surface area is 183 Å². The van der Waals surface area contributed by atoms with E-state index in [-0.39, 0.29) is 37.2 Å². The maximum absolute atomic E-state index is 13.2. The normalized spacial score (nSPS) is 10.5. The molecule has 1 amide bonds. The third-order valence-corrected chi connectivity index (χ3v) is 4.55. The van der Waals surface area contributed by atoms with Crippen LogP contribution >= 0.6 is 11.6 Å². The SMILES string of the molecule is CC(=O)OCc1nnc(CNC(=O)CN)n1-c1ccc(Cl)cc1C(=O)c1ccccc1. The molecule has 3 aromatic rings. The number of carbonyl (C=O) groups excluding carboxylic acids is 3. The number of aromatic nitrogens is 3. The summed E-state index contributed by atoms with van der Waals surface area (Å²) in [7, 11) is 0. The van der Waals surface area contributed by atoms with Crippen molar-refractivity contribution in [1.29, 1.82) is 0 Å². The van der Waals surface area contributed by atoms with Crippen molar-refractivity contribution in [2.24, 2.45) is 5.73 Å². The summed E-state index contributed by atoms with van der Waals surface area (Å²) >= 11 is 6.18. The summed E-state index contributed by atoms with van der Waals surface area (Å²) in [5, 5.41) is 11.2. The van der Waals surface area contributed by atoms with Crippen LogP contribution in [0.1, 0.15) is 34.5 Å². The monoisotopic (exact) mass is 441 g/mol. The van der Waals surface area contributed by atoms with Gasteiger partial charge in [0.2, 0.25) is 5.91 Å². The number of rotatable bonds is 8. The minimum absolute atomic E-state index is 0.00466. The highest BCUT2D eigenvalue weighted by atomic mass is 35.5. The van der Waals surface area contributed by atoms with Crippen molar-refractivity contribution in [2.75, 3.05) is 6.54 Å². The molecule has 0 fully saturated rings. The van der Waals surface area contributed by atoms with E-state index in [0.717, 1.165) is 0 Å². The lowest BCUT2D eigenvalue weighted by Crippen LogP contribution is -2.31. The van der Waals surface area contributed by atoms with Gasteiger partial charge in [0.05, 0.1) is 18.8 Å². The number of esters is 1. The predicted octanol–water partition coefficient (Wildman–Crippen LogP) is 1.79. The fraction of sp³-hybridized carbons (Fsp3) is 0.190. The van der Waals surface area contributed by atoms with Gasteiger partial charge in [0, 0.05) is 23.1 Å². The van der Waals surface area contributed by atoms with Crippen molar-refractivity contribution in [2.45, 2.75) is 20.1 Å². The van der Waals surface area contributed by atoms with Crippen molar-refractivity contribution in [1.82, 2.24) is 20.1 Å². The molecule has 3 rings (SSSR count). The van der Waals surface area contributed by atoms with Gasteiger partial charge in [0.1, 0.15) is 0 Å². The van der Waals surface area contributed by atoms with Crippen LogP contribution in [0.5, 0.6) is 0 Å². The molecule has 31 heavy (non-hydrogen) atoms. The molecule has 0 radical (unpaired) electrons. The Bertz CT molecular complexity index is 1110. The second-order valence-corrected chi connectivity index (χ2v) is 6.92. The Hall–Kier alpha value is -3.56. The molecule has 0 unspecified atom stereocenters. The van der Waals surface area contributed by atoms with Crippen LogP contribution in [0.3, 0.4) is 0 Å². The molecule has 0 saturated carbocycles. The summed E-state index contributed by atoms with van der Waals surface area (Å²) < 4.78 is 6.64. The molecule has 0 aliphatic heterocycles. The van der Waals surface area contributed by atoms with Gasteiger partial charge in [-0.25, -0.2) is 0 Å². The lowest BCUT2D eigenvalue weighted by atomic mass is 10.0. The zero-order chi connectivity index (χ0) is 22.4. The number of amides is 1. The van der Waals surface area contributed by atoms with Crippen LogP contribution in [0.25, 0.3) is 5.69 Å². The average molecular weight is 442 g/mol. The summed E-state index contributed by atoms with van der Waals surface area (Å²) in [4.78, 5) is 36.2. The van der Waals surface area contributed by atoms with Crippen molar-refractivity contribution in [3.8, 4) is 5.69 Å². The largest absolute Gasteiger partial charge is 0.458 e. The first-order valence-electron chi connectivity index (χ1n) is 9.33. The predicted molar refractivity (Wildman–Crippen MR) is 113 cm³/mol. The number of ketones is 1. The van der Waals surface area contributed by atoms with Crippen molar-refractivity contribution in [3.05, 3.63) is 76.3 Å². The Kier molecular flexibility index (Phi) is 7.11. The first-order valence-corrected chi connectivity index (χ1v) is 9.71. The number of nitrogens with two attached hydrogens (primary N) is 1.